The third kappa shape index (κ3) is 2.70. The summed E-state index contributed by atoms with van der Waals surface area (Å²) in [4.78, 5) is 12.1. The molecule has 0 fully saturated rings. The fourth-order valence-corrected chi connectivity index (χ4v) is 4.80. The molecule has 0 bridgehead atoms. The predicted octanol–water partition coefficient (Wildman–Crippen LogP) is 2.61. The summed E-state index contributed by atoms with van der Waals surface area (Å²) in [5, 5.41) is 9.38. The second kappa shape index (κ2) is 6.18. The normalized spacial score (nSPS) is 16.2. The Morgan fingerprint density at radius 1 is 1.28 bits per heavy atom. The minimum Gasteiger partial charge on any atom is -0.611 e. The van der Waals surface area contributed by atoms with Gasteiger partial charge in [-0.1, -0.05) is 12.1 Å². The van der Waals surface area contributed by atoms with E-state index in [1.54, 1.807) is 35.8 Å². The lowest BCUT2D eigenvalue weighted by Crippen LogP contribution is -2.18. The number of hydrogen-bond acceptors (Lipinski definition) is 3. The molecule has 2 aromatic carbocycles. The van der Waals surface area contributed by atoms with Crippen LogP contribution in [0.25, 0.3) is 10.9 Å². The Morgan fingerprint density at radius 3 is 2.76 bits per heavy atom. The van der Waals surface area contributed by atoms with Crippen LogP contribution in [0.5, 0.6) is 0 Å². The van der Waals surface area contributed by atoms with Gasteiger partial charge in [-0.05, 0) is 47.1 Å². The number of carbonyl (C=O) groups excluding carboxylic acids is 1. The van der Waals surface area contributed by atoms with Crippen LogP contribution in [-0.4, -0.2) is 26.0 Å². The SMILES string of the molecule is O=C(NO)c1ccc(Cn2c3c(c4cc(F)ccc42)[S+]([O-])CC3)cc1. The zero-order valence-electron chi connectivity index (χ0n) is 13.2. The largest absolute Gasteiger partial charge is 0.611 e. The average molecular weight is 358 g/mol. The number of carbonyl (C=O) groups is 1. The van der Waals surface area contributed by atoms with Crippen molar-refractivity contribution in [2.24, 2.45) is 0 Å². The van der Waals surface area contributed by atoms with Crippen LogP contribution in [0.3, 0.4) is 0 Å². The predicted molar refractivity (Wildman–Crippen MR) is 91.7 cm³/mol. The summed E-state index contributed by atoms with van der Waals surface area (Å²) >= 11 is -1.10. The van der Waals surface area contributed by atoms with Gasteiger partial charge in [0, 0.05) is 18.5 Å². The van der Waals surface area contributed by atoms with Gasteiger partial charge >= 0.3 is 0 Å². The van der Waals surface area contributed by atoms with Gasteiger partial charge in [0.2, 0.25) is 0 Å². The van der Waals surface area contributed by atoms with Crippen LogP contribution in [0.2, 0.25) is 0 Å². The summed E-state index contributed by atoms with van der Waals surface area (Å²) in [6, 6.07) is 11.4. The molecular weight excluding hydrogens is 343 g/mol. The summed E-state index contributed by atoms with van der Waals surface area (Å²) in [6.07, 6.45) is 0.698. The van der Waals surface area contributed by atoms with E-state index in [-0.39, 0.29) is 5.82 Å². The summed E-state index contributed by atoms with van der Waals surface area (Å²) in [5.74, 6) is -0.340. The van der Waals surface area contributed by atoms with Gasteiger partial charge in [0.1, 0.15) is 11.6 Å². The first-order valence-corrected chi connectivity index (χ1v) is 9.13. The van der Waals surface area contributed by atoms with E-state index in [0.29, 0.717) is 29.7 Å². The van der Waals surface area contributed by atoms with Crippen molar-refractivity contribution in [2.75, 3.05) is 5.75 Å². The number of nitrogens with zero attached hydrogens (tertiary/aromatic N) is 1. The van der Waals surface area contributed by atoms with Gasteiger partial charge in [-0.3, -0.25) is 10.0 Å². The molecule has 1 aliphatic heterocycles. The van der Waals surface area contributed by atoms with Gasteiger partial charge in [-0.25, -0.2) is 9.87 Å². The number of fused-ring (bicyclic) bond motifs is 3. The number of benzene rings is 2. The zero-order valence-corrected chi connectivity index (χ0v) is 14.0. The van der Waals surface area contributed by atoms with Gasteiger partial charge in [0.15, 0.2) is 4.90 Å². The highest BCUT2D eigenvalue weighted by atomic mass is 32.2. The standard InChI is InChI=1S/C18H15FN2O3S/c19-13-5-6-15-14(9-13)17-16(7-8-25(17)24)21(15)10-11-1-3-12(4-2-11)18(22)20-23/h1-6,9,23H,7-8,10H2,(H,20,22). The molecule has 2 N–H and O–H groups in total. The zero-order chi connectivity index (χ0) is 17.6. The van der Waals surface area contributed by atoms with Crippen LogP contribution in [0.15, 0.2) is 47.4 Å². The monoisotopic (exact) mass is 358 g/mol. The van der Waals surface area contributed by atoms with Crippen LogP contribution in [0.4, 0.5) is 4.39 Å². The summed E-state index contributed by atoms with van der Waals surface area (Å²) < 4.78 is 28.0. The smallest absolute Gasteiger partial charge is 0.274 e. The Balaban J connectivity index is 1.76. The van der Waals surface area contributed by atoms with Crippen LogP contribution < -0.4 is 5.48 Å². The highest BCUT2D eigenvalue weighted by Crippen LogP contribution is 2.36. The Morgan fingerprint density at radius 2 is 2.04 bits per heavy atom. The summed E-state index contributed by atoms with van der Waals surface area (Å²) in [6.45, 7) is 0.537. The first kappa shape index (κ1) is 16.1. The van der Waals surface area contributed by atoms with E-state index in [4.69, 9.17) is 5.21 Å². The van der Waals surface area contributed by atoms with Gasteiger partial charge < -0.3 is 9.12 Å². The fraction of sp³-hybridized carbons (Fsp3) is 0.167. The lowest BCUT2D eigenvalue weighted by molar-refractivity contribution is 0.0706. The Kier molecular flexibility index (Phi) is 3.99. The second-order valence-corrected chi connectivity index (χ2v) is 7.47. The molecule has 1 atom stereocenters. The Labute approximate surface area is 146 Å². The van der Waals surface area contributed by atoms with Crippen molar-refractivity contribution in [1.29, 1.82) is 0 Å². The first-order chi connectivity index (χ1) is 12.1. The lowest BCUT2D eigenvalue weighted by atomic mass is 10.1. The highest BCUT2D eigenvalue weighted by molar-refractivity contribution is 7.92. The van der Waals surface area contributed by atoms with Crippen molar-refractivity contribution in [3.8, 4) is 0 Å². The molecule has 0 radical (unpaired) electrons. The molecule has 3 aromatic rings. The molecule has 25 heavy (non-hydrogen) atoms. The molecule has 0 saturated carbocycles. The number of amides is 1. The summed E-state index contributed by atoms with van der Waals surface area (Å²) in [5.41, 5.74) is 4.75. The van der Waals surface area contributed by atoms with Crippen molar-refractivity contribution in [3.63, 3.8) is 0 Å². The quantitative estimate of drug-likeness (QED) is 0.429. The first-order valence-electron chi connectivity index (χ1n) is 7.81. The number of hydroxylamine groups is 1. The maximum absolute atomic E-state index is 13.7. The molecule has 128 valence electrons. The second-order valence-electron chi connectivity index (χ2n) is 5.96. The summed E-state index contributed by atoms with van der Waals surface area (Å²) in [7, 11) is 0. The average Bonchev–Trinajstić information content (AvgIpc) is 3.14. The van der Waals surface area contributed by atoms with Gasteiger partial charge in [-0.15, -0.1) is 0 Å². The third-order valence-electron chi connectivity index (χ3n) is 4.49. The molecule has 0 spiro atoms. The fourth-order valence-electron chi connectivity index (χ4n) is 3.33. The minimum absolute atomic E-state index is 0.337. The van der Waals surface area contributed by atoms with E-state index in [1.807, 2.05) is 0 Å². The van der Waals surface area contributed by atoms with Crippen molar-refractivity contribution < 1.29 is 18.9 Å². The van der Waals surface area contributed by atoms with E-state index in [1.165, 1.54) is 12.1 Å². The van der Waals surface area contributed by atoms with Gasteiger partial charge in [-0.2, -0.15) is 0 Å². The molecule has 5 nitrogen and oxygen atoms in total. The van der Waals surface area contributed by atoms with Gasteiger partial charge in [0.05, 0.1) is 16.6 Å². The maximum atomic E-state index is 13.7. The molecule has 7 heteroatoms. The number of hydrogen-bond donors (Lipinski definition) is 2. The molecule has 0 aliphatic carbocycles. The van der Waals surface area contributed by atoms with Crippen LogP contribution in [0.1, 0.15) is 21.6 Å². The van der Waals surface area contributed by atoms with E-state index in [9.17, 15) is 13.7 Å². The topological polar surface area (TPSA) is 77.3 Å². The number of rotatable bonds is 3. The lowest BCUT2D eigenvalue weighted by Gasteiger charge is -2.09. The van der Waals surface area contributed by atoms with E-state index >= 15 is 0 Å². The molecule has 4 rings (SSSR count). The van der Waals surface area contributed by atoms with E-state index in [0.717, 1.165) is 21.7 Å². The minimum atomic E-state index is -1.10. The van der Waals surface area contributed by atoms with E-state index in [2.05, 4.69) is 4.57 Å². The molecule has 1 aliphatic rings. The van der Waals surface area contributed by atoms with Crippen molar-refractivity contribution in [3.05, 3.63) is 65.1 Å². The third-order valence-corrected chi connectivity index (χ3v) is 5.98. The van der Waals surface area contributed by atoms with Crippen molar-refractivity contribution >= 4 is 28.0 Å². The highest BCUT2D eigenvalue weighted by Gasteiger charge is 2.32. The van der Waals surface area contributed by atoms with Crippen molar-refractivity contribution in [2.45, 2.75) is 17.9 Å². The van der Waals surface area contributed by atoms with Crippen LogP contribution in [-0.2, 0) is 24.1 Å². The number of halogens is 1. The molecule has 0 saturated heterocycles. The van der Waals surface area contributed by atoms with Gasteiger partial charge in [0.25, 0.3) is 5.91 Å². The van der Waals surface area contributed by atoms with Crippen LogP contribution >= 0.6 is 0 Å². The number of aromatic nitrogens is 1. The molecule has 2 heterocycles. The Hall–Kier alpha value is -2.35. The molecule has 1 aromatic heterocycles. The van der Waals surface area contributed by atoms with E-state index < -0.39 is 17.1 Å². The maximum Gasteiger partial charge on any atom is 0.274 e. The number of nitrogens with one attached hydrogen (secondary N) is 1. The van der Waals surface area contributed by atoms with Crippen molar-refractivity contribution in [1.82, 2.24) is 10.0 Å². The molecule has 1 unspecified atom stereocenters. The molecule has 1 amide bonds. The van der Waals surface area contributed by atoms with Crippen LogP contribution in [0, 0.1) is 5.82 Å². The Bertz CT molecular complexity index is 969. The molecular formula is C18H15FN2O3S.